The molecule has 1 aliphatic heterocycles. The Labute approximate surface area is 91.6 Å². The molecule has 0 aliphatic carbocycles. The van der Waals surface area contributed by atoms with Crippen LogP contribution in [0.4, 0.5) is 0 Å². The van der Waals surface area contributed by atoms with Crippen LogP contribution in [0.25, 0.3) is 0 Å². The van der Waals surface area contributed by atoms with E-state index in [1.165, 1.54) is 6.42 Å². The molecular formula is C11H20ClNO. The minimum absolute atomic E-state index is 0.118. The van der Waals surface area contributed by atoms with Crippen LogP contribution in [0, 0.1) is 11.8 Å². The topological polar surface area (TPSA) is 20.3 Å². The van der Waals surface area contributed by atoms with Gasteiger partial charge in [0.25, 0.3) is 0 Å². The van der Waals surface area contributed by atoms with Gasteiger partial charge in [0, 0.05) is 13.1 Å². The van der Waals surface area contributed by atoms with E-state index >= 15 is 0 Å². The smallest absolute Gasteiger partial charge is 0.240 e. The Kier molecular flexibility index (Phi) is 4.24. The zero-order chi connectivity index (χ0) is 10.7. The highest BCUT2D eigenvalue weighted by Gasteiger charge is 2.28. The number of piperidine rings is 1. The summed E-state index contributed by atoms with van der Waals surface area (Å²) in [7, 11) is 0. The van der Waals surface area contributed by atoms with E-state index in [2.05, 4.69) is 13.8 Å². The maximum absolute atomic E-state index is 11.8. The van der Waals surface area contributed by atoms with Crippen molar-refractivity contribution in [1.29, 1.82) is 0 Å². The highest BCUT2D eigenvalue weighted by Crippen LogP contribution is 2.22. The van der Waals surface area contributed by atoms with E-state index < -0.39 is 0 Å². The average Bonchev–Trinajstić information content (AvgIpc) is 2.14. The van der Waals surface area contributed by atoms with E-state index in [-0.39, 0.29) is 11.3 Å². The molecule has 0 radical (unpaired) electrons. The first-order valence-electron chi connectivity index (χ1n) is 5.47. The normalized spacial score (nSPS) is 30.1. The molecule has 1 aliphatic rings. The lowest BCUT2D eigenvalue weighted by Gasteiger charge is -2.35. The van der Waals surface area contributed by atoms with E-state index in [1.54, 1.807) is 0 Å². The number of nitrogens with zero attached hydrogens (tertiary/aromatic N) is 1. The van der Waals surface area contributed by atoms with Gasteiger partial charge in [-0.15, -0.1) is 11.6 Å². The second kappa shape index (κ2) is 5.01. The van der Waals surface area contributed by atoms with Crippen LogP contribution < -0.4 is 0 Å². The van der Waals surface area contributed by atoms with Crippen molar-refractivity contribution in [3.05, 3.63) is 0 Å². The zero-order valence-corrected chi connectivity index (χ0v) is 10.0. The van der Waals surface area contributed by atoms with Crippen molar-refractivity contribution >= 4 is 17.5 Å². The molecule has 1 saturated heterocycles. The molecule has 0 spiro atoms. The molecule has 1 heterocycles. The molecule has 0 saturated carbocycles. The fraction of sp³-hybridized carbons (Fsp3) is 0.909. The number of likely N-dealkylation sites (tertiary alicyclic amines) is 1. The largest absolute Gasteiger partial charge is 0.341 e. The summed E-state index contributed by atoms with van der Waals surface area (Å²) in [6.07, 6.45) is 1.95. The highest BCUT2D eigenvalue weighted by atomic mass is 35.5. The Morgan fingerprint density at radius 2 is 1.93 bits per heavy atom. The number of hydrogen-bond donors (Lipinski definition) is 0. The third-order valence-electron chi connectivity index (χ3n) is 2.81. The van der Waals surface area contributed by atoms with Gasteiger partial charge in [0.05, 0.1) is 0 Å². The highest BCUT2D eigenvalue weighted by molar-refractivity contribution is 6.30. The van der Waals surface area contributed by atoms with Crippen LogP contribution in [0.15, 0.2) is 0 Å². The van der Waals surface area contributed by atoms with Crippen LogP contribution in [0.2, 0.25) is 0 Å². The molecule has 1 fully saturated rings. The number of alkyl halides is 1. The molecule has 0 N–H and O–H groups in total. The minimum atomic E-state index is -0.326. The number of amides is 1. The molecule has 0 aromatic carbocycles. The number of carbonyl (C=O) groups excluding carboxylic acids is 1. The van der Waals surface area contributed by atoms with E-state index in [4.69, 9.17) is 11.6 Å². The molecule has 0 unspecified atom stereocenters. The Morgan fingerprint density at radius 1 is 1.43 bits per heavy atom. The van der Waals surface area contributed by atoms with Gasteiger partial charge in [-0.1, -0.05) is 20.8 Å². The van der Waals surface area contributed by atoms with Crippen molar-refractivity contribution in [2.45, 2.75) is 39.0 Å². The summed E-state index contributed by atoms with van der Waals surface area (Å²) in [6, 6.07) is 0. The summed E-state index contributed by atoms with van der Waals surface area (Å²) in [5, 5.41) is -0.326. The summed E-state index contributed by atoms with van der Waals surface area (Å²) in [4.78, 5) is 13.7. The third-order valence-corrected chi connectivity index (χ3v) is 3.30. The van der Waals surface area contributed by atoms with Crippen molar-refractivity contribution in [3.63, 3.8) is 0 Å². The van der Waals surface area contributed by atoms with Gasteiger partial charge >= 0.3 is 0 Å². The Balaban J connectivity index is 2.54. The van der Waals surface area contributed by atoms with E-state index in [0.29, 0.717) is 11.8 Å². The number of carbonyl (C=O) groups is 1. The lowest BCUT2D eigenvalue weighted by Crippen LogP contribution is -2.45. The summed E-state index contributed by atoms with van der Waals surface area (Å²) < 4.78 is 0. The molecule has 0 aromatic heterocycles. The second-order valence-electron chi connectivity index (χ2n) is 4.57. The lowest BCUT2D eigenvalue weighted by atomic mass is 9.91. The van der Waals surface area contributed by atoms with Crippen molar-refractivity contribution in [2.75, 3.05) is 13.1 Å². The molecule has 14 heavy (non-hydrogen) atoms. The molecule has 82 valence electrons. The summed E-state index contributed by atoms with van der Waals surface area (Å²) in [6.45, 7) is 8.11. The molecule has 1 amide bonds. The quantitative estimate of drug-likeness (QED) is 0.651. The van der Waals surface area contributed by atoms with Gasteiger partial charge in [0.2, 0.25) is 5.91 Å². The SMILES string of the molecule is CC[C@H](Cl)C(=O)N1C[C@H](C)C[C@H](C)C1. The van der Waals surface area contributed by atoms with Gasteiger partial charge in [0.15, 0.2) is 0 Å². The van der Waals surface area contributed by atoms with Crippen molar-refractivity contribution in [1.82, 2.24) is 4.90 Å². The monoisotopic (exact) mass is 217 g/mol. The Bertz CT molecular complexity index is 197. The Morgan fingerprint density at radius 3 is 2.36 bits per heavy atom. The van der Waals surface area contributed by atoms with Crippen LogP contribution >= 0.6 is 11.6 Å². The van der Waals surface area contributed by atoms with Crippen LogP contribution in [-0.4, -0.2) is 29.3 Å². The molecular weight excluding hydrogens is 198 g/mol. The van der Waals surface area contributed by atoms with Gasteiger partial charge in [-0.25, -0.2) is 0 Å². The first-order chi connectivity index (χ1) is 6.54. The van der Waals surface area contributed by atoms with Crippen LogP contribution in [0.5, 0.6) is 0 Å². The van der Waals surface area contributed by atoms with Crippen molar-refractivity contribution in [2.24, 2.45) is 11.8 Å². The van der Waals surface area contributed by atoms with Gasteiger partial charge in [-0.2, -0.15) is 0 Å². The first kappa shape index (κ1) is 11.8. The zero-order valence-electron chi connectivity index (χ0n) is 9.29. The van der Waals surface area contributed by atoms with Gasteiger partial charge in [-0.05, 0) is 24.7 Å². The maximum Gasteiger partial charge on any atom is 0.240 e. The Hall–Kier alpha value is -0.240. The van der Waals surface area contributed by atoms with Gasteiger partial charge in [-0.3, -0.25) is 4.79 Å². The van der Waals surface area contributed by atoms with Crippen LogP contribution in [-0.2, 0) is 4.79 Å². The first-order valence-corrected chi connectivity index (χ1v) is 5.91. The number of hydrogen-bond acceptors (Lipinski definition) is 1. The van der Waals surface area contributed by atoms with Crippen LogP contribution in [0.1, 0.15) is 33.6 Å². The molecule has 3 heteroatoms. The average molecular weight is 218 g/mol. The minimum Gasteiger partial charge on any atom is -0.341 e. The molecule has 0 aromatic rings. The molecule has 1 rings (SSSR count). The van der Waals surface area contributed by atoms with E-state index in [9.17, 15) is 4.79 Å². The maximum atomic E-state index is 11.8. The van der Waals surface area contributed by atoms with E-state index in [0.717, 1.165) is 19.5 Å². The summed E-state index contributed by atoms with van der Waals surface area (Å²) in [5.41, 5.74) is 0. The number of halogens is 1. The van der Waals surface area contributed by atoms with E-state index in [1.807, 2.05) is 11.8 Å². The number of rotatable bonds is 2. The summed E-state index contributed by atoms with van der Waals surface area (Å²) >= 11 is 5.95. The van der Waals surface area contributed by atoms with Crippen molar-refractivity contribution < 1.29 is 4.79 Å². The standard InChI is InChI=1S/C11H20ClNO/c1-4-10(12)11(14)13-6-8(2)5-9(3)7-13/h8-10H,4-7H2,1-3H3/t8-,9+,10-/m0/s1. The predicted molar refractivity (Wildman–Crippen MR) is 59.5 cm³/mol. The third kappa shape index (κ3) is 2.88. The predicted octanol–water partition coefficient (Wildman–Crippen LogP) is 2.51. The van der Waals surface area contributed by atoms with Crippen LogP contribution in [0.3, 0.4) is 0 Å². The van der Waals surface area contributed by atoms with Crippen molar-refractivity contribution in [3.8, 4) is 0 Å². The summed E-state index contributed by atoms with van der Waals surface area (Å²) in [5.74, 6) is 1.35. The van der Waals surface area contributed by atoms with Gasteiger partial charge in [0.1, 0.15) is 5.38 Å². The fourth-order valence-electron chi connectivity index (χ4n) is 2.22. The lowest BCUT2D eigenvalue weighted by molar-refractivity contribution is -0.133. The molecule has 2 nitrogen and oxygen atoms in total. The molecule has 3 atom stereocenters. The molecule has 0 bridgehead atoms. The fourth-order valence-corrected chi connectivity index (χ4v) is 2.35. The second-order valence-corrected chi connectivity index (χ2v) is 5.09. The van der Waals surface area contributed by atoms with Gasteiger partial charge < -0.3 is 4.90 Å².